The molecule has 0 unspecified atom stereocenters. The Bertz CT molecular complexity index is 933. The van der Waals surface area contributed by atoms with Crippen molar-refractivity contribution in [3.8, 4) is 0 Å². The summed E-state index contributed by atoms with van der Waals surface area (Å²) in [5.74, 6) is 0.358. The van der Waals surface area contributed by atoms with Crippen molar-refractivity contribution in [1.82, 2.24) is 25.0 Å². The van der Waals surface area contributed by atoms with E-state index >= 15 is 0 Å². The molecular weight excluding hydrogens is 364 g/mol. The van der Waals surface area contributed by atoms with E-state index < -0.39 is 0 Å². The van der Waals surface area contributed by atoms with Crippen LogP contribution in [-0.4, -0.2) is 32.9 Å². The lowest BCUT2D eigenvalue weighted by molar-refractivity contribution is 0.0956. The average molecular weight is 386 g/mol. The molecule has 3 N–H and O–H groups in total. The third-order valence-corrected chi connectivity index (χ3v) is 4.78. The first-order chi connectivity index (χ1) is 13.0. The molecule has 0 saturated carbocycles. The molecule has 0 aliphatic carbocycles. The van der Waals surface area contributed by atoms with Gasteiger partial charge in [-0.1, -0.05) is 25.2 Å². The number of urea groups is 1. The Morgan fingerprint density at radius 1 is 1.22 bits per heavy atom. The van der Waals surface area contributed by atoms with E-state index in [9.17, 15) is 9.59 Å². The number of fused-ring (bicyclic) bond motifs is 1. The summed E-state index contributed by atoms with van der Waals surface area (Å²) in [4.78, 5) is 32.9. The Morgan fingerprint density at radius 2 is 2.07 bits per heavy atom. The summed E-state index contributed by atoms with van der Waals surface area (Å²) < 4.78 is 1.90. The van der Waals surface area contributed by atoms with Gasteiger partial charge in [-0.05, 0) is 30.0 Å². The number of anilines is 1. The molecule has 3 aromatic heterocycles. The predicted molar refractivity (Wildman–Crippen MR) is 105 cm³/mol. The molecule has 3 amide bonds. The van der Waals surface area contributed by atoms with Crippen LogP contribution in [0.1, 0.15) is 35.5 Å². The van der Waals surface area contributed by atoms with Gasteiger partial charge >= 0.3 is 6.03 Å². The van der Waals surface area contributed by atoms with Crippen molar-refractivity contribution >= 4 is 34.1 Å². The van der Waals surface area contributed by atoms with Crippen LogP contribution in [-0.2, 0) is 6.54 Å². The SMILES string of the molecule is CC(C)CCNC(=O)c1cnc(NC(=O)NCc2ccn3ccnc3c2)s1. The molecule has 0 radical (unpaired) electrons. The number of hydrogen-bond donors (Lipinski definition) is 3. The largest absolute Gasteiger partial charge is 0.351 e. The van der Waals surface area contributed by atoms with Gasteiger partial charge in [-0.2, -0.15) is 0 Å². The highest BCUT2D eigenvalue weighted by molar-refractivity contribution is 7.17. The normalized spacial score (nSPS) is 10.9. The average Bonchev–Trinajstić information content (AvgIpc) is 3.28. The van der Waals surface area contributed by atoms with E-state index in [0.29, 0.717) is 29.0 Å². The fraction of sp³-hybridized carbons (Fsp3) is 0.333. The van der Waals surface area contributed by atoms with E-state index in [-0.39, 0.29) is 11.9 Å². The summed E-state index contributed by atoms with van der Waals surface area (Å²) in [6.45, 7) is 5.20. The van der Waals surface area contributed by atoms with Crippen molar-refractivity contribution in [2.75, 3.05) is 11.9 Å². The Labute approximate surface area is 161 Å². The number of aromatic nitrogens is 3. The second-order valence-corrected chi connectivity index (χ2v) is 7.53. The van der Waals surface area contributed by atoms with Gasteiger partial charge in [-0.3, -0.25) is 10.1 Å². The summed E-state index contributed by atoms with van der Waals surface area (Å²) in [7, 11) is 0. The maximum absolute atomic E-state index is 12.0. The Kier molecular flexibility index (Phi) is 6.02. The van der Waals surface area contributed by atoms with Crippen LogP contribution in [0, 0.1) is 5.92 Å². The summed E-state index contributed by atoms with van der Waals surface area (Å²) in [5, 5.41) is 8.65. The zero-order valence-corrected chi connectivity index (χ0v) is 16.0. The van der Waals surface area contributed by atoms with Crippen molar-refractivity contribution in [3.63, 3.8) is 0 Å². The highest BCUT2D eigenvalue weighted by Gasteiger charge is 2.12. The number of nitrogens with zero attached hydrogens (tertiary/aromatic N) is 3. The lowest BCUT2D eigenvalue weighted by Crippen LogP contribution is -2.28. The lowest BCUT2D eigenvalue weighted by Gasteiger charge is -2.06. The van der Waals surface area contributed by atoms with Crippen LogP contribution in [0.15, 0.2) is 36.9 Å². The van der Waals surface area contributed by atoms with E-state index in [2.05, 4.69) is 39.8 Å². The minimum atomic E-state index is -0.376. The van der Waals surface area contributed by atoms with E-state index in [1.165, 1.54) is 6.20 Å². The number of rotatable bonds is 7. The predicted octanol–water partition coefficient (Wildman–Crippen LogP) is 2.89. The van der Waals surface area contributed by atoms with Gasteiger partial charge in [0.1, 0.15) is 10.5 Å². The fourth-order valence-electron chi connectivity index (χ4n) is 2.38. The van der Waals surface area contributed by atoms with Gasteiger partial charge in [0.15, 0.2) is 5.13 Å². The Balaban J connectivity index is 1.47. The minimum absolute atomic E-state index is 0.172. The number of carbonyl (C=O) groups excluding carboxylic acids is 2. The molecule has 0 spiro atoms. The molecule has 9 heteroatoms. The van der Waals surface area contributed by atoms with E-state index in [0.717, 1.165) is 29.0 Å². The first-order valence-electron chi connectivity index (χ1n) is 8.72. The molecular formula is C18H22N6O2S. The van der Waals surface area contributed by atoms with Crippen LogP contribution < -0.4 is 16.0 Å². The van der Waals surface area contributed by atoms with E-state index in [4.69, 9.17) is 0 Å². The van der Waals surface area contributed by atoms with Crippen molar-refractivity contribution < 1.29 is 9.59 Å². The molecule has 0 atom stereocenters. The minimum Gasteiger partial charge on any atom is -0.351 e. The molecule has 0 fully saturated rings. The maximum Gasteiger partial charge on any atom is 0.321 e. The van der Waals surface area contributed by atoms with Crippen LogP contribution in [0.4, 0.5) is 9.93 Å². The second kappa shape index (κ2) is 8.63. The van der Waals surface area contributed by atoms with Crippen molar-refractivity contribution in [3.05, 3.63) is 47.4 Å². The first-order valence-corrected chi connectivity index (χ1v) is 9.53. The van der Waals surface area contributed by atoms with Gasteiger partial charge in [-0.25, -0.2) is 14.8 Å². The highest BCUT2D eigenvalue weighted by atomic mass is 32.1. The highest BCUT2D eigenvalue weighted by Crippen LogP contribution is 2.18. The standard InChI is InChI=1S/C18H22N6O2S/c1-12(2)3-5-20-16(25)14-11-22-18(27-14)23-17(26)21-10-13-4-7-24-8-6-19-15(24)9-13/h4,6-9,11-12H,3,5,10H2,1-2H3,(H,20,25)(H2,21,22,23,26). The third kappa shape index (κ3) is 5.27. The molecule has 3 rings (SSSR count). The van der Waals surface area contributed by atoms with Crippen molar-refractivity contribution in [2.45, 2.75) is 26.8 Å². The number of carbonyl (C=O) groups is 2. The van der Waals surface area contributed by atoms with Crippen LogP contribution in [0.2, 0.25) is 0 Å². The summed E-state index contributed by atoms with van der Waals surface area (Å²) in [6.07, 6.45) is 7.86. The number of hydrogen-bond acceptors (Lipinski definition) is 5. The molecule has 0 aromatic carbocycles. The number of amides is 3. The van der Waals surface area contributed by atoms with Gasteiger partial charge in [0.2, 0.25) is 0 Å². The van der Waals surface area contributed by atoms with Crippen molar-refractivity contribution in [1.29, 1.82) is 0 Å². The van der Waals surface area contributed by atoms with Gasteiger partial charge in [0.25, 0.3) is 5.91 Å². The monoisotopic (exact) mass is 386 g/mol. The molecule has 3 heterocycles. The van der Waals surface area contributed by atoms with Gasteiger partial charge < -0.3 is 15.0 Å². The van der Waals surface area contributed by atoms with Crippen LogP contribution in [0.5, 0.6) is 0 Å². The zero-order valence-electron chi connectivity index (χ0n) is 15.2. The van der Waals surface area contributed by atoms with Crippen molar-refractivity contribution in [2.24, 2.45) is 5.92 Å². The number of nitrogens with one attached hydrogen (secondary N) is 3. The van der Waals surface area contributed by atoms with Crippen LogP contribution in [0.25, 0.3) is 5.65 Å². The summed E-state index contributed by atoms with van der Waals surface area (Å²) >= 11 is 1.14. The molecule has 0 saturated heterocycles. The summed E-state index contributed by atoms with van der Waals surface area (Å²) in [5.41, 5.74) is 1.76. The molecule has 0 bridgehead atoms. The number of thiazole rings is 1. The van der Waals surface area contributed by atoms with Crippen LogP contribution in [0.3, 0.4) is 0 Å². The maximum atomic E-state index is 12.0. The fourth-order valence-corrected chi connectivity index (χ4v) is 3.11. The topological polar surface area (TPSA) is 100 Å². The summed E-state index contributed by atoms with van der Waals surface area (Å²) in [6, 6.07) is 3.45. The van der Waals surface area contributed by atoms with Gasteiger partial charge in [-0.15, -0.1) is 0 Å². The Morgan fingerprint density at radius 3 is 2.89 bits per heavy atom. The molecule has 3 aromatic rings. The number of imidazole rings is 1. The third-order valence-electron chi connectivity index (χ3n) is 3.87. The van der Waals surface area contributed by atoms with Gasteiger partial charge in [0.05, 0.1) is 6.20 Å². The smallest absolute Gasteiger partial charge is 0.321 e. The van der Waals surface area contributed by atoms with E-state index in [1.807, 2.05) is 28.9 Å². The first kappa shape index (κ1) is 18.8. The van der Waals surface area contributed by atoms with Gasteiger partial charge in [0, 0.05) is 31.7 Å². The molecule has 27 heavy (non-hydrogen) atoms. The molecule has 8 nitrogen and oxygen atoms in total. The van der Waals surface area contributed by atoms with Crippen LogP contribution >= 0.6 is 11.3 Å². The second-order valence-electron chi connectivity index (χ2n) is 6.50. The number of pyridine rings is 1. The molecule has 142 valence electrons. The quantitative estimate of drug-likeness (QED) is 0.581. The lowest BCUT2D eigenvalue weighted by atomic mass is 10.1. The zero-order chi connectivity index (χ0) is 19.2. The van der Waals surface area contributed by atoms with E-state index in [1.54, 1.807) is 6.20 Å². The molecule has 0 aliphatic heterocycles. The molecule has 0 aliphatic rings. The Hall–Kier alpha value is -2.94.